The monoisotopic (exact) mass is 397 g/mol. The summed E-state index contributed by atoms with van der Waals surface area (Å²) in [5, 5.41) is 3.66. The predicted molar refractivity (Wildman–Crippen MR) is 95.6 cm³/mol. The normalized spacial score (nSPS) is 15.3. The first-order chi connectivity index (χ1) is 9.76. The molecule has 0 saturated heterocycles. The van der Waals surface area contributed by atoms with Crippen LogP contribution in [0.25, 0.3) is 0 Å². The van der Waals surface area contributed by atoms with Gasteiger partial charge in [0.25, 0.3) is 0 Å². The van der Waals surface area contributed by atoms with Crippen LogP contribution in [0.5, 0.6) is 0 Å². The Balaban J connectivity index is 1.79. The third kappa shape index (κ3) is 3.26. The van der Waals surface area contributed by atoms with Crippen LogP contribution in [-0.2, 0) is 19.3 Å². The van der Waals surface area contributed by atoms with Gasteiger partial charge in [0.2, 0.25) is 0 Å². The lowest BCUT2D eigenvalue weighted by Gasteiger charge is -2.17. The summed E-state index contributed by atoms with van der Waals surface area (Å²) >= 11 is 4.39. The predicted octanol–water partition coefficient (Wildman–Crippen LogP) is 4.73. The van der Waals surface area contributed by atoms with E-state index in [1.165, 1.54) is 33.3 Å². The highest BCUT2D eigenvalue weighted by Crippen LogP contribution is 2.34. The molecule has 1 aromatic heterocycles. The molecule has 1 aliphatic rings. The van der Waals surface area contributed by atoms with Crippen LogP contribution in [-0.4, -0.2) is 6.54 Å². The summed E-state index contributed by atoms with van der Waals surface area (Å²) in [6, 6.07) is 11.8. The Hall–Kier alpha value is -0.390. The third-order valence-corrected chi connectivity index (χ3v) is 5.98. The van der Waals surface area contributed by atoms with Crippen LogP contribution >= 0.6 is 33.9 Å². The van der Waals surface area contributed by atoms with Crippen LogP contribution in [0.15, 0.2) is 30.3 Å². The fourth-order valence-electron chi connectivity index (χ4n) is 2.90. The van der Waals surface area contributed by atoms with Gasteiger partial charge in [-0.3, -0.25) is 0 Å². The minimum absolute atomic E-state index is 0.468. The van der Waals surface area contributed by atoms with Crippen LogP contribution in [0, 0.1) is 3.57 Å². The standard InChI is InChI=1S/C17H20INS/c1-2-19-15(10-12-6-8-14(18)9-7-12)17-11-13-4-3-5-16(13)20-17/h6-9,11,15,19H,2-5,10H2,1H3. The number of hydrogen-bond donors (Lipinski definition) is 1. The highest BCUT2D eigenvalue weighted by Gasteiger charge is 2.19. The maximum atomic E-state index is 3.66. The van der Waals surface area contributed by atoms with E-state index in [0.29, 0.717) is 6.04 Å². The Bertz CT molecular complexity index is 552. The molecule has 1 aromatic carbocycles. The molecule has 0 radical (unpaired) electrons. The zero-order valence-corrected chi connectivity index (χ0v) is 14.8. The molecule has 1 atom stereocenters. The van der Waals surface area contributed by atoms with Gasteiger partial charge < -0.3 is 5.32 Å². The number of thiophene rings is 1. The van der Waals surface area contributed by atoms with Gasteiger partial charge in [-0.15, -0.1) is 11.3 Å². The van der Waals surface area contributed by atoms with E-state index in [2.05, 4.69) is 65.2 Å². The molecule has 3 heteroatoms. The van der Waals surface area contributed by atoms with Crippen molar-refractivity contribution in [3.05, 3.63) is 54.8 Å². The molecular weight excluding hydrogens is 377 g/mol. The SMILES string of the molecule is CCNC(Cc1ccc(I)cc1)c1cc2c(s1)CCC2. The van der Waals surface area contributed by atoms with Gasteiger partial charge in [-0.25, -0.2) is 0 Å². The summed E-state index contributed by atoms with van der Waals surface area (Å²) in [4.78, 5) is 3.15. The van der Waals surface area contributed by atoms with Crippen molar-refractivity contribution in [1.82, 2.24) is 5.32 Å². The molecule has 0 fully saturated rings. The Kier molecular flexibility index (Phi) is 4.79. The van der Waals surface area contributed by atoms with Crippen LogP contribution in [0.2, 0.25) is 0 Å². The zero-order valence-electron chi connectivity index (χ0n) is 11.8. The lowest BCUT2D eigenvalue weighted by Crippen LogP contribution is -2.22. The second-order valence-electron chi connectivity index (χ2n) is 5.39. The molecule has 0 bridgehead atoms. The molecule has 1 nitrogen and oxygen atoms in total. The first-order valence-electron chi connectivity index (χ1n) is 7.35. The highest BCUT2D eigenvalue weighted by atomic mass is 127. The maximum absolute atomic E-state index is 3.66. The minimum Gasteiger partial charge on any atom is -0.309 e. The number of likely N-dealkylation sites (N-methyl/N-ethyl adjacent to an activating group) is 1. The van der Waals surface area contributed by atoms with Crippen LogP contribution in [0.1, 0.15) is 40.3 Å². The Morgan fingerprint density at radius 3 is 2.75 bits per heavy atom. The Labute approximate surface area is 138 Å². The van der Waals surface area contributed by atoms with Crippen LogP contribution in [0.4, 0.5) is 0 Å². The van der Waals surface area contributed by atoms with Crippen molar-refractivity contribution >= 4 is 33.9 Å². The summed E-state index contributed by atoms with van der Waals surface area (Å²) in [5.41, 5.74) is 3.03. The molecule has 1 aliphatic carbocycles. The average Bonchev–Trinajstić information content (AvgIpc) is 3.01. The fourth-order valence-corrected chi connectivity index (χ4v) is 4.59. The van der Waals surface area contributed by atoms with Crippen molar-refractivity contribution in [1.29, 1.82) is 0 Å². The summed E-state index contributed by atoms with van der Waals surface area (Å²) in [7, 11) is 0. The fraction of sp³-hybridized carbons (Fsp3) is 0.412. The molecule has 0 saturated carbocycles. The minimum atomic E-state index is 0.468. The first kappa shape index (κ1) is 14.5. The second kappa shape index (κ2) is 6.58. The van der Waals surface area contributed by atoms with E-state index in [1.54, 1.807) is 10.4 Å². The average molecular weight is 397 g/mol. The van der Waals surface area contributed by atoms with Gasteiger partial charge >= 0.3 is 0 Å². The number of nitrogens with one attached hydrogen (secondary N) is 1. The third-order valence-electron chi connectivity index (χ3n) is 3.91. The van der Waals surface area contributed by atoms with Crippen molar-refractivity contribution in [2.45, 2.75) is 38.6 Å². The Morgan fingerprint density at radius 2 is 2.05 bits per heavy atom. The van der Waals surface area contributed by atoms with Crippen LogP contribution in [0.3, 0.4) is 0 Å². The van der Waals surface area contributed by atoms with Crippen molar-refractivity contribution in [3.63, 3.8) is 0 Å². The molecule has 0 aliphatic heterocycles. The molecule has 2 aromatic rings. The van der Waals surface area contributed by atoms with Gasteiger partial charge in [0.05, 0.1) is 0 Å². The van der Waals surface area contributed by atoms with Crippen molar-refractivity contribution in [2.24, 2.45) is 0 Å². The van der Waals surface area contributed by atoms with E-state index >= 15 is 0 Å². The van der Waals surface area contributed by atoms with Crippen LogP contribution < -0.4 is 5.32 Å². The number of fused-ring (bicyclic) bond motifs is 1. The number of benzene rings is 1. The van der Waals surface area contributed by atoms with Crippen molar-refractivity contribution < 1.29 is 0 Å². The summed E-state index contributed by atoms with van der Waals surface area (Å²) in [6.07, 6.45) is 5.02. The summed E-state index contributed by atoms with van der Waals surface area (Å²) in [6.45, 7) is 3.22. The molecule has 1 N–H and O–H groups in total. The molecule has 106 valence electrons. The zero-order chi connectivity index (χ0) is 13.9. The number of halogens is 1. The summed E-state index contributed by atoms with van der Waals surface area (Å²) < 4.78 is 1.31. The smallest absolute Gasteiger partial charge is 0.0455 e. The Morgan fingerprint density at radius 1 is 1.25 bits per heavy atom. The topological polar surface area (TPSA) is 12.0 Å². The van der Waals surface area contributed by atoms with E-state index in [1.807, 2.05) is 11.3 Å². The van der Waals surface area contributed by atoms with Gasteiger partial charge in [0.1, 0.15) is 0 Å². The molecule has 1 heterocycles. The van der Waals surface area contributed by atoms with Gasteiger partial charge in [0, 0.05) is 19.4 Å². The second-order valence-corrected chi connectivity index (χ2v) is 7.81. The van der Waals surface area contributed by atoms with Crippen molar-refractivity contribution in [2.75, 3.05) is 6.54 Å². The van der Waals surface area contributed by atoms with E-state index in [-0.39, 0.29) is 0 Å². The first-order valence-corrected chi connectivity index (χ1v) is 9.25. The lowest BCUT2D eigenvalue weighted by atomic mass is 10.0. The molecular formula is C17H20INS. The highest BCUT2D eigenvalue weighted by molar-refractivity contribution is 14.1. The van der Waals surface area contributed by atoms with Gasteiger partial charge in [0.15, 0.2) is 0 Å². The van der Waals surface area contributed by atoms with Gasteiger partial charge in [-0.05, 0) is 84.1 Å². The van der Waals surface area contributed by atoms with E-state index < -0.39 is 0 Å². The molecule has 20 heavy (non-hydrogen) atoms. The lowest BCUT2D eigenvalue weighted by molar-refractivity contribution is 0.558. The van der Waals surface area contributed by atoms with E-state index in [0.717, 1.165) is 13.0 Å². The van der Waals surface area contributed by atoms with Gasteiger partial charge in [-0.2, -0.15) is 0 Å². The van der Waals surface area contributed by atoms with E-state index in [4.69, 9.17) is 0 Å². The largest absolute Gasteiger partial charge is 0.309 e. The van der Waals surface area contributed by atoms with Gasteiger partial charge in [-0.1, -0.05) is 19.1 Å². The summed E-state index contributed by atoms with van der Waals surface area (Å²) in [5.74, 6) is 0. The molecule has 0 spiro atoms. The molecule has 3 rings (SSSR count). The quantitative estimate of drug-likeness (QED) is 0.719. The van der Waals surface area contributed by atoms with E-state index in [9.17, 15) is 0 Å². The van der Waals surface area contributed by atoms with Crippen molar-refractivity contribution in [3.8, 4) is 0 Å². The molecule has 0 amide bonds. The maximum Gasteiger partial charge on any atom is 0.0455 e. The number of rotatable bonds is 5. The molecule has 1 unspecified atom stereocenters. The number of aryl methyl sites for hydroxylation is 2. The number of hydrogen-bond acceptors (Lipinski definition) is 2.